The molecular weight excluding hydrogens is 418 g/mol. The van der Waals surface area contributed by atoms with Crippen LogP contribution in [0.1, 0.15) is 32.1 Å². The molecular formula is C25H21N5OS. The molecule has 7 heteroatoms. The maximum Gasteiger partial charge on any atom is 0.267 e. The van der Waals surface area contributed by atoms with Crippen LogP contribution in [0.2, 0.25) is 0 Å². The van der Waals surface area contributed by atoms with Gasteiger partial charge >= 0.3 is 0 Å². The number of carbonyl (C=O) groups excluding carboxylic acids is 1. The number of carbonyl (C=O) groups is 1. The van der Waals surface area contributed by atoms with Crippen molar-refractivity contribution in [3.63, 3.8) is 0 Å². The van der Waals surface area contributed by atoms with Crippen LogP contribution in [-0.4, -0.2) is 22.3 Å². The highest BCUT2D eigenvalue weighted by Gasteiger charge is 2.23. The molecule has 0 spiro atoms. The zero-order valence-electron chi connectivity index (χ0n) is 17.3. The van der Waals surface area contributed by atoms with Gasteiger partial charge in [-0.3, -0.25) is 9.69 Å². The van der Waals surface area contributed by atoms with E-state index in [1.165, 1.54) is 22.5 Å². The fourth-order valence-electron chi connectivity index (χ4n) is 4.02. The second-order valence-electron chi connectivity index (χ2n) is 7.88. The first kappa shape index (κ1) is 20.2. The predicted octanol–water partition coefficient (Wildman–Crippen LogP) is 4.56. The van der Waals surface area contributed by atoms with Crippen LogP contribution < -0.4 is 11.1 Å². The van der Waals surface area contributed by atoms with E-state index in [4.69, 9.17) is 16.0 Å². The van der Waals surface area contributed by atoms with Gasteiger partial charge in [-0.05, 0) is 41.5 Å². The highest BCUT2D eigenvalue weighted by molar-refractivity contribution is 7.21. The number of benzene rings is 2. The second-order valence-corrected chi connectivity index (χ2v) is 8.88. The van der Waals surface area contributed by atoms with Crippen molar-refractivity contribution in [1.82, 2.24) is 9.88 Å². The Morgan fingerprint density at radius 2 is 1.97 bits per heavy atom. The lowest BCUT2D eigenvalue weighted by Crippen LogP contribution is -2.30. The largest absolute Gasteiger partial charge is 0.397 e. The van der Waals surface area contributed by atoms with Crippen LogP contribution in [0.5, 0.6) is 0 Å². The summed E-state index contributed by atoms with van der Waals surface area (Å²) < 4.78 is 0. The fourth-order valence-corrected chi connectivity index (χ4v) is 5.01. The molecule has 1 aliphatic heterocycles. The molecule has 1 aliphatic rings. The van der Waals surface area contributed by atoms with E-state index in [2.05, 4.69) is 46.6 Å². The van der Waals surface area contributed by atoms with Crippen molar-refractivity contribution in [2.24, 2.45) is 0 Å². The van der Waals surface area contributed by atoms with E-state index >= 15 is 0 Å². The standard InChI is InChI=1S/C25H21N5OS/c26-13-16-6-8-19(9-7-16)28-24(31)23-22(27)20-12-18-15-30(14-17-4-2-1-3-5-17)11-10-21(18)29-25(20)32-23/h1-9,12H,10-11,14-15,27H2,(H,28,31). The number of nitrogens with zero attached hydrogens (tertiary/aromatic N) is 3. The summed E-state index contributed by atoms with van der Waals surface area (Å²) in [7, 11) is 0. The molecule has 0 radical (unpaired) electrons. The topological polar surface area (TPSA) is 95.0 Å². The summed E-state index contributed by atoms with van der Waals surface area (Å²) in [6.07, 6.45) is 0.878. The van der Waals surface area contributed by atoms with E-state index in [-0.39, 0.29) is 5.91 Å². The molecule has 1 amide bonds. The number of rotatable bonds is 4. The summed E-state index contributed by atoms with van der Waals surface area (Å²) >= 11 is 1.32. The number of nitriles is 1. The van der Waals surface area contributed by atoms with Gasteiger partial charge in [0.25, 0.3) is 5.91 Å². The Kier molecular flexibility index (Phi) is 5.31. The number of amides is 1. The van der Waals surface area contributed by atoms with Crippen molar-refractivity contribution < 1.29 is 4.79 Å². The van der Waals surface area contributed by atoms with Gasteiger partial charge in [0, 0.05) is 42.8 Å². The highest BCUT2D eigenvalue weighted by Crippen LogP contribution is 2.35. The first-order chi connectivity index (χ1) is 15.6. The molecule has 6 nitrogen and oxygen atoms in total. The molecule has 0 saturated carbocycles. The van der Waals surface area contributed by atoms with E-state index in [0.717, 1.165) is 42.0 Å². The minimum atomic E-state index is -0.265. The summed E-state index contributed by atoms with van der Waals surface area (Å²) in [6, 6.07) is 21.4. The van der Waals surface area contributed by atoms with Crippen LogP contribution in [0.3, 0.4) is 0 Å². The van der Waals surface area contributed by atoms with Gasteiger partial charge in [0.2, 0.25) is 0 Å². The second kappa shape index (κ2) is 8.42. The SMILES string of the molecule is N#Cc1ccc(NC(=O)c2sc3nc4c(cc3c2N)CN(Cc2ccccc2)CC4)cc1. The predicted molar refractivity (Wildman–Crippen MR) is 127 cm³/mol. The Morgan fingerprint density at radius 1 is 1.19 bits per heavy atom. The van der Waals surface area contributed by atoms with Crippen LogP contribution in [0, 0.1) is 11.3 Å². The summed E-state index contributed by atoms with van der Waals surface area (Å²) in [5.74, 6) is -0.265. The van der Waals surface area contributed by atoms with Crippen molar-refractivity contribution in [2.75, 3.05) is 17.6 Å². The third-order valence-corrected chi connectivity index (χ3v) is 6.79. The quantitative estimate of drug-likeness (QED) is 0.486. The zero-order chi connectivity index (χ0) is 22.1. The maximum atomic E-state index is 12.9. The lowest BCUT2D eigenvalue weighted by molar-refractivity contribution is 0.103. The van der Waals surface area contributed by atoms with Crippen molar-refractivity contribution in [3.8, 4) is 6.07 Å². The van der Waals surface area contributed by atoms with Gasteiger partial charge in [-0.2, -0.15) is 5.26 Å². The summed E-state index contributed by atoms with van der Waals surface area (Å²) in [5.41, 5.74) is 11.6. The van der Waals surface area contributed by atoms with Gasteiger partial charge in [-0.15, -0.1) is 11.3 Å². The average Bonchev–Trinajstić information content (AvgIpc) is 3.14. The van der Waals surface area contributed by atoms with E-state index in [1.807, 2.05) is 6.07 Å². The number of fused-ring (bicyclic) bond motifs is 2. The molecule has 0 saturated heterocycles. The molecule has 2 aromatic heterocycles. The van der Waals surface area contributed by atoms with Gasteiger partial charge in [-0.1, -0.05) is 30.3 Å². The van der Waals surface area contributed by atoms with Crippen molar-refractivity contribution in [2.45, 2.75) is 19.5 Å². The Labute approximate surface area is 189 Å². The lowest BCUT2D eigenvalue weighted by atomic mass is 10.0. The van der Waals surface area contributed by atoms with E-state index in [9.17, 15) is 4.79 Å². The van der Waals surface area contributed by atoms with Crippen LogP contribution >= 0.6 is 11.3 Å². The zero-order valence-corrected chi connectivity index (χ0v) is 18.2. The molecule has 3 heterocycles. The number of pyridine rings is 1. The van der Waals surface area contributed by atoms with Crippen LogP contribution in [0.4, 0.5) is 11.4 Å². The van der Waals surface area contributed by atoms with E-state index < -0.39 is 0 Å². The van der Waals surface area contributed by atoms with Gasteiger partial charge in [0.1, 0.15) is 9.71 Å². The molecule has 4 aromatic rings. The van der Waals surface area contributed by atoms with Gasteiger partial charge in [0.05, 0.1) is 17.3 Å². The number of aromatic nitrogens is 1. The van der Waals surface area contributed by atoms with Crippen LogP contribution in [-0.2, 0) is 19.5 Å². The minimum absolute atomic E-state index is 0.265. The number of nitrogens with one attached hydrogen (secondary N) is 1. The van der Waals surface area contributed by atoms with Crippen LogP contribution in [0.15, 0.2) is 60.7 Å². The third-order valence-electron chi connectivity index (χ3n) is 5.68. The number of nitrogens with two attached hydrogens (primary N) is 1. The molecule has 3 N–H and O–H groups in total. The Balaban J connectivity index is 1.38. The Bertz CT molecular complexity index is 1340. The first-order valence-electron chi connectivity index (χ1n) is 10.4. The number of anilines is 2. The fraction of sp³-hybridized carbons (Fsp3) is 0.160. The molecule has 158 valence electrons. The Hall–Kier alpha value is -3.73. The molecule has 2 aromatic carbocycles. The van der Waals surface area contributed by atoms with Crippen LogP contribution in [0.25, 0.3) is 10.2 Å². The molecule has 0 aliphatic carbocycles. The number of hydrogen-bond acceptors (Lipinski definition) is 6. The van der Waals surface area contributed by atoms with Crippen molar-refractivity contribution in [3.05, 3.63) is 87.9 Å². The number of nitrogen functional groups attached to an aromatic ring is 1. The molecule has 5 rings (SSSR count). The smallest absolute Gasteiger partial charge is 0.267 e. The van der Waals surface area contributed by atoms with Gasteiger partial charge < -0.3 is 11.1 Å². The van der Waals surface area contributed by atoms with Gasteiger partial charge in [-0.25, -0.2) is 4.98 Å². The first-order valence-corrected chi connectivity index (χ1v) is 11.2. The summed E-state index contributed by atoms with van der Waals surface area (Å²) in [5, 5.41) is 12.6. The van der Waals surface area contributed by atoms with E-state index in [0.29, 0.717) is 21.8 Å². The van der Waals surface area contributed by atoms with Crippen molar-refractivity contribution in [1.29, 1.82) is 5.26 Å². The Morgan fingerprint density at radius 3 is 2.72 bits per heavy atom. The van der Waals surface area contributed by atoms with Crippen molar-refractivity contribution >= 4 is 38.8 Å². The molecule has 0 fully saturated rings. The normalized spacial score (nSPS) is 13.5. The van der Waals surface area contributed by atoms with E-state index in [1.54, 1.807) is 24.3 Å². The highest BCUT2D eigenvalue weighted by atomic mass is 32.1. The number of hydrogen-bond donors (Lipinski definition) is 2. The average molecular weight is 440 g/mol. The molecule has 32 heavy (non-hydrogen) atoms. The molecule has 0 bridgehead atoms. The summed E-state index contributed by atoms with van der Waals surface area (Å²) in [4.78, 5) is 21.4. The molecule has 0 unspecified atom stereocenters. The third kappa shape index (κ3) is 3.94. The maximum absolute atomic E-state index is 12.9. The number of thiophene rings is 1. The van der Waals surface area contributed by atoms with Gasteiger partial charge in [0.15, 0.2) is 0 Å². The molecule has 0 atom stereocenters. The summed E-state index contributed by atoms with van der Waals surface area (Å²) in [6.45, 7) is 2.66. The monoisotopic (exact) mass is 439 g/mol. The minimum Gasteiger partial charge on any atom is -0.397 e. The lowest BCUT2D eigenvalue weighted by Gasteiger charge is -2.28.